The van der Waals surface area contributed by atoms with Crippen LogP contribution in [-0.2, 0) is 4.79 Å². The maximum Gasteiger partial charge on any atom is 0.230 e. The highest BCUT2D eigenvalue weighted by atomic mass is 35.5. The summed E-state index contributed by atoms with van der Waals surface area (Å²) in [6, 6.07) is 13.5. The van der Waals surface area contributed by atoms with Crippen LogP contribution in [0.25, 0.3) is 10.2 Å². The first kappa shape index (κ1) is 16.7. The number of benzene rings is 2. The van der Waals surface area contributed by atoms with E-state index in [0.29, 0.717) is 17.4 Å². The molecule has 1 amide bonds. The van der Waals surface area contributed by atoms with E-state index < -0.39 is 0 Å². The van der Waals surface area contributed by atoms with Crippen molar-refractivity contribution in [1.82, 2.24) is 10.3 Å². The number of amides is 1. The minimum absolute atomic E-state index is 0.00370. The number of ether oxygens (including phenoxy) is 1. The zero-order valence-corrected chi connectivity index (χ0v) is 15.6. The number of carbonyl (C=O) groups is 1. The van der Waals surface area contributed by atoms with Crippen LogP contribution in [0.5, 0.6) is 5.75 Å². The number of rotatable bonds is 4. The third kappa shape index (κ3) is 3.76. The molecule has 0 saturated heterocycles. The van der Waals surface area contributed by atoms with Gasteiger partial charge in [0, 0.05) is 17.0 Å². The molecule has 4 rings (SSSR count). The zero-order chi connectivity index (χ0) is 17.2. The third-order valence-electron chi connectivity index (χ3n) is 3.95. The molecule has 25 heavy (non-hydrogen) atoms. The maximum atomic E-state index is 12.3. The number of thiazole rings is 1. The third-order valence-corrected chi connectivity index (χ3v) is 6.36. The Balaban J connectivity index is 1.39. The molecule has 0 fully saturated rings. The lowest BCUT2D eigenvalue weighted by atomic mass is 10.0. The fraction of sp³-hybridized carbons (Fsp3) is 0.222. The van der Waals surface area contributed by atoms with Crippen molar-refractivity contribution in [3.63, 3.8) is 0 Å². The highest BCUT2D eigenvalue weighted by Gasteiger charge is 2.22. The van der Waals surface area contributed by atoms with Crippen molar-refractivity contribution in [3.05, 3.63) is 53.1 Å². The van der Waals surface area contributed by atoms with Gasteiger partial charge < -0.3 is 10.1 Å². The second-order valence-corrected chi connectivity index (χ2v) is 8.37. The van der Waals surface area contributed by atoms with Crippen molar-refractivity contribution in [2.75, 3.05) is 12.4 Å². The Morgan fingerprint density at radius 1 is 1.36 bits per heavy atom. The number of para-hydroxylation sites is 1. The van der Waals surface area contributed by atoms with E-state index in [2.05, 4.69) is 10.3 Å². The van der Waals surface area contributed by atoms with E-state index in [9.17, 15) is 4.79 Å². The number of hydrogen-bond acceptors (Lipinski definition) is 5. The number of halogens is 1. The second kappa shape index (κ2) is 7.23. The average molecular weight is 391 g/mol. The number of carbonyl (C=O) groups excluding carboxylic acids is 1. The van der Waals surface area contributed by atoms with Crippen LogP contribution < -0.4 is 10.1 Å². The Kier molecular flexibility index (Phi) is 4.83. The van der Waals surface area contributed by atoms with Gasteiger partial charge in [0.15, 0.2) is 4.34 Å². The fourth-order valence-electron chi connectivity index (χ4n) is 2.80. The second-order valence-electron chi connectivity index (χ2n) is 5.68. The summed E-state index contributed by atoms with van der Waals surface area (Å²) >= 11 is 9.02. The summed E-state index contributed by atoms with van der Waals surface area (Å²) in [5.41, 5.74) is 1.92. The van der Waals surface area contributed by atoms with Gasteiger partial charge in [-0.15, -0.1) is 11.3 Å². The highest BCUT2D eigenvalue weighted by Crippen LogP contribution is 2.33. The summed E-state index contributed by atoms with van der Waals surface area (Å²) in [5.74, 6) is 1.20. The molecule has 128 valence electrons. The van der Waals surface area contributed by atoms with Crippen molar-refractivity contribution in [3.8, 4) is 5.75 Å². The molecule has 0 spiro atoms. The van der Waals surface area contributed by atoms with Crippen molar-refractivity contribution in [2.45, 2.75) is 16.8 Å². The van der Waals surface area contributed by atoms with Gasteiger partial charge in [0.25, 0.3) is 0 Å². The van der Waals surface area contributed by atoms with Crippen molar-refractivity contribution in [2.24, 2.45) is 0 Å². The predicted molar refractivity (Wildman–Crippen MR) is 103 cm³/mol. The maximum absolute atomic E-state index is 12.3. The van der Waals surface area contributed by atoms with Gasteiger partial charge in [0.05, 0.1) is 28.6 Å². The lowest BCUT2D eigenvalue weighted by molar-refractivity contribution is -0.119. The Morgan fingerprint density at radius 2 is 2.24 bits per heavy atom. The molecule has 0 saturated carbocycles. The molecule has 0 radical (unpaired) electrons. The van der Waals surface area contributed by atoms with E-state index >= 15 is 0 Å². The molecule has 0 aliphatic carbocycles. The Labute approximate surface area is 158 Å². The first-order valence-corrected chi connectivity index (χ1v) is 10.1. The number of thioether (sulfide) groups is 1. The molecule has 0 unspecified atom stereocenters. The summed E-state index contributed by atoms with van der Waals surface area (Å²) < 4.78 is 7.58. The summed E-state index contributed by atoms with van der Waals surface area (Å²) in [5, 5.41) is 3.78. The monoisotopic (exact) mass is 390 g/mol. The average Bonchev–Trinajstić information content (AvgIpc) is 3.02. The number of nitrogens with one attached hydrogen (secondary N) is 1. The lowest BCUT2D eigenvalue weighted by Crippen LogP contribution is -2.33. The first-order chi connectivity index (χ1) is 12.2. The van der Waals surface area contributed by atoms with Crippen LogP contribution in [0, 0.1) is 0 Å². The van der Waals surface area contributed by atoms with E-state index in [-0.39, 0.29) is 11.9 Å². The van der Waals surface area contributed by atoms with Crippen molar-refractivity contribution >= 4 is 50.8 Å². The Morgan fingerprint density at radius 3 is 3.16 bits per heavy atom. The normalized spacial score (nSPS) is 16.3. The zero-order valence-electron chi connectivity index (χ0n) is 13.2. The Hall–Kier alpha value is -1.76. The fourth-order valence-corrected chi connectivity index (χ4v) is 4.82. The molecule has 7 heteroatoms. The Bertz CT molecular complexity index is 928. The molecular formula is C18H15ClN2O2S2. The standard InChI is InChI=1S/C18H15ClN2O2S2/c19-11-5-6-16-14(9-11)21-18(25-16)24-10-17(22)20-13-7-8-23-15-4-2-1-3-12(13)15/h1-6,9,13H,7-8,10H2,(H,20,22)/t13-/m1/s1. The van der Waals surface area contributed by atoms with E-state index in [1.54, 1.807) is 11.3 Å². The van der Waals surface area contributed by atoms with Gasteiger partial charge in [-0.3, -0.25) is 4.79 Å². The quantitative estimate of drug-likeness (QED) is 0.657. The van der Waals surface area contributed by atoms with E-state index in [1.807, 2.05) is 42.5 Å². The minimum Gasteiger partial charge on any atom is -0.493 e. The van der Waals surface area contributed by atoms with Gasteiger partial charge in [-0.25, -0.2) is 4.98 Å². The van der Waals surface area contributed by atoms with Crippen molar-refractivity contribution < 1.29 is 9.53 Å². The van der Waals surface area contributed by atoms with Crippen molar-refractivity contribution in [1.29, 1.82) is 0 Å². The number of fused-ring (bicyclic) bond motifs is 2. The van der Waals surface area contributed by atoms with Gasteiger partial charge in [-0.2, -0.15) is 0 Å². The molecule has 1 aliphatic rings. The molecule has 2 aromatic carbocycles. The number of aromatic nitrogens is 1. The molecule has 2 heterocycles. The molecule has 0 bridgehead atoms. The van der Waals surface area contributed by atoms with Gasteiger partial charge in [0.2, 0.25) is 5.91 Å². The molecule has 3 aromatic rings. The SMILES string of the molecule is O=C(CSc1nc2cc(Cl)ccc2s1)N[C@@H]1CCOc2ccccc21. The van der Waals surface area contributed by atoms with Crippen LogP contribution >= 0.6 is 34.7 Å². The summed E-state index contributed by atoms with van der Waals surface area (Å²) in [7, 11) is 0. The molecular weight excluding hydrogens is 376 g/mol. The molecule has 1 N–H and O–H groups in total. The first-order valence-electron chi connectivity index (χ1n) is 7.89. The van der Waals surface area contributed by atoms with Gasteiger partial charge >= 0.3 is 0 Å². The topological polar surface area (TPSA) is 51.2 Å². The van der Waals surface area contributed by atoms with Crippen LogP contribution in [0.15, 0.2) is 46.8 Å². The molecule has 1 aromatic heterocycles. The van der Waals surface area contributed by atoms with Gasteiger partial charge in [-0.1, -0.05) is 41.6 Å². The largest absolute Gasteiger partial charge is 0.493 e. The van der Waals surface area contributed by atoms with Crippen LogP contribution in [0.3, 0.4) is 0 Å². The van der Waals surface area contributed by atoms with Crippen LogP contribution in [0.1, 0.15) is 18.0 Å². The van der Waals surface area contributed by atoms with Crippen LogP contribution in [0.4, 0.5) is 0 Å². The number of hydrogen-bond donors (Lipinski definition) is 1. The molecule has 1 atom stereocenters. The van der Waals surface area contributed by atoms with Gasteiger partial charge in [0.1, 0.15) is 5.75 Å². The predicted octanol–water partition coefficient (Wildman–Crippen LogP) is 4.68. The summed E-state index contributed by atoms with van der Waals surface area (Å²) in [6.07, 6.45) is 0.785. The van der Waals surface area contributed by atoms with E-state index in [4.69, 9.17) is 16.3 Å². The molecule has 1 aliphatic heterocycles. The van der Waals surface area contributed by atoms with E-state index in [1.165, 1.54) is 11.8 Å². The summed E-state index contributed by atoms with van der Waals surface area (Å²) in [4.78, 5) is 16.9. The lowest BCUT2D eigenvalue weighted by Gasteiger charge is -2.26. The minimum atomic E-state index is 0.00370. The highest BCUT2D eigenvalue weighted by molar-refractivity contribution is 8.01. The van der Waals surface area contributed by atoms with E-state index in [0.717, 1.165) is 32.3 Å². The smallest absolute Gasteiger partial charge is 0.230 e. The van der Waals surface area contributed by atoms with Gasteiger partial charge in [-0.05, 0) is 24.3 Å². The number of nitrogens with zero attached hydrogens (tertiary/aromatic N) is 1. The summed E-state index contributed by atoms with van der Waals surface area (Å²) in [6.45, 7) is 0.619. The van der Waals surface area contributed by atoms with Crippen LogP contribution in [-0.4, -0.2) is 23.3 Å². The molecule has 4 nitrogen and oxygen atoms in total. The van der Waals surface area contributed by atoms with Crippen LogP contribution in [0.2, 0.25) is 5.02 Å².